The average Bonchev–Trinajstić information content (AvgIpc) is 2.92. The van der Waals surface area contributed by atoms with Crippen LogP contribution in [-0.4, -0.2) is 59.9 Å². The summed E-state index contributed by atoms with van der Waals surface area (Å²) >= 11 is 1.12. The van der Waals surface area contributed by atoms with Crippen LogP contribution in [0.3, 0.4) is 0 Å². The molecule has 0 N–H and O–H groups in total. The van der Waals surface area contributed by atoms with Crippen molar-refractivity contribution in [3.63, 3.8) is 0 Å². The van der Waals surface area contributed by atoms with Crippen molar-refractivity contribution < 1.29 is 38.7 Å². The van der Waals surface area contributed by atoms with E-state index in [0.717, 1.165) is 39.6 Å². The third-order valence-electron chi connectivity index (χ3n) is 5.20. The molecule has 2 aromatic heterocycles. The number of rotatable bonds is 8. The topological polar surface area (TPSA) is 84.9 Å². The number of sulfone groups is 1. The van der Waals surface area contributed by atoms with Crippen LogP contribution in [-0.2, 0) is 40.1 Å². The van der Waals surface area contributed by atoms with Crippen LogP contribution in [0.15, 0.2) is 82.8 Å². The molecule has 8 nitrogen and oxygen atoms in total. The van der Waals surface area contributed by atoms with Crippen molar-refractivity contribution in [1.82, 2.24) is 9.97 Å². The Kier molecular flexibility index (Phi) is 12.6. The third-order valence-corrected chi connectivity index (χ3v) is 6.86. The fraction of sp³-hybridized carbons (Fsp3) is 0.214. The van der Waals surface area contributed by atoms with Crippen LogP contribution >= 0.6 is 12.0 Å². The first kappa shape index (κ1) is 32.5. The van der Waals surface area contributed by atoms with Gasteiger partial charge in [0.05, 0.1) is 7.11 Å². The molecule has 0 amide bonds. The van der Waals surface area contributed by atoms with E-state index in [1.54, 1.807) is 24.5 Å². The van der Waals surface area contributed by atoms with Crippen LogP contribution in [0.25, 0.3) is 22.5 Å². The summed E-state index contributed by atoms with van der Waals surface area (Å²) in [5.41, 5.74) is 5.29. The Labute approximate surface area is 249 Å². The Hall–Kier alpha value is -2.75. The molecule has 0 saturated carbocycles. The monoisotopic (exact) mass is 745 g/mol. The van der Waals surface area contributed by atoms with E-state index in [9.17, 15) is 8.42 Å². The number of hydrogen-bond donors (Lipinski definition) is 0. The molecule has 4 aromatic rings. The molecule has 0 spiro atoms. The molecule has 0 radical (unpaired) electrons. The molecule has 208 valence electrons. The van der Waals surface area contributed by atoms with E-state index in [2.05, 4.69) is 27.0 Å². The molecule has 0 bridgehead atoms. The number of anilines is 2. The van der Waals surface area contributed by atoms with Gasteiger partial charge in [-0.15, -0.1) is 59.7 Å². The van der Waals surface area contributed by atoms with Crippen LogP contribution in [0.5, 0.6) is 0 Å². The molecule has 0 fully saturated rings. The van der Waals surface area contributed by atoms with Gasteiger partial charge in [-0.25, -0.2) is 13.3 Å². The summed E-state index contributed by atoms with van der Waals surface area (Å²) in [5.74, 6) is 0. The summed E-state index contributed by atoms with van der Waals surface area (Å²) < 4.78 is 27.9. The molecule has 4 rings (SSSR count). The van der Waals surface area contributed by atoms with Gasteiger partial charge in [0.2, 0.25) is 0 Å². The van der Waals surface area contributed by atoms with Crippen LogP contribution in [0.4, 0.5) is 11.4 Å². The van der Waals surface area contributed by atoms with E-state index in [1.165, 1.54) is 19.4 Å². The molecule has 0 aliphatic carbocycles. The zero-order valence-corrected chi connectivity index (χ0v) is 26.4. The molecule has 0 atom stereocenters. The summed E-state index contributed by atoms with van der Waals surface area (Å²) in [6.07, 6.45) is 4.67. The fourth-order valence-corrected chi connectivity index (χ4v) is 4.27. The van der Waals surface area contributed by atoms with Crippen LogP contribution in [0.2, 0.25) is 0 Å². The van der Waals surface area contributed by atoms with Gasteiger partial charge in [0.25, 0.3) is 0 Å². The summed E-state index contributed by atoms with van der Waals surface area (Å²) in [6.45, 7) is 0. The van der Waals surface area contributed by atoms with E-state index in [1.807, 2.05) is 80.5 Å². The van der Waals surface area contributed by atoms with Gasteiger partial charge in [0.1, 0.15) is 0 Å². The molecule has 11 heteroatoms. The van der Waals surface area contributed by atoms with Crippen LogP contribution in [0.1, 0.15) is 0 Å². The Morgan fingerprint density at radius 2 is 1.31 bits per heavy atom. The minimum Gasteiger partial charge on any atom is -0.378 e. The maximum atomic E-state index is 11.5. The van der Waals surface area contributed by atoms with Gasteiger partial charge < -0.3 is 19.8 Å². The molecular weight excluding hydrogens is 716 g/mol. The van der Waals surface area contributed by atoms with Crippen molar-refractivity contribution in [2.75, 3.05) is 51.4 Å². The SMILES string of the molecule is CN(C)c1ccnc(-c2[c-]c(S(C)(=O)=O)ccc2)c1.COOSc1[c-]c(-c2cc(N(C)C)ccn2)ccc1.[Pt+2]. The van der Waals surface area contributed by atoms with Gasteiger partial charge in [-0.2, -0.15) is 4.33 Å². The minimum atomic E-state index is -3.25. The van der Waals surface area contributed by atoms with E-state index in [4.69, 9.17) is 4.33 Å². The molecule has 2 heterocycles. The Morgan fingerprint density at radius 1 is 0.795 bits per heavy atom. The standard InChI is InChI=1S/2C14H15N2O2S.Pt/c1-16(2)12-7-8-15-14(10-12)11-5-4-6-13(9-11)19(3,17)18;1-16(2)12-7-8-15-14(10-12)11-5-4-6-13(9-11)19-18-17-3;/h2*4-8,10H,1-3H3;/q2*-1;+2. The van der Waals surface area contributed by atoms with Crippen LogP contribution < -0.4 is 9.80 Å². The van der Waals surface area contributed by atoms with Gasteiger partial charge in [0.15, 0.2) is 9.84 Å². The number of hydrogen-bond acceptors (Lipinski definition) is 9. The van der Waals surface area contributed by atoms with Crippen molar-refractivity contribution in [1.29, 1.82) is 0 Å². The van der Waals surface area contributed by atoms with E-state index in [0.29, 0.717) is 11.3 Å². The van der Waals surface area contributed by atoms with Crippen molar-refractivity contribution in [3.8, 4) is 22.5 Å². The number of aromatic nitrogens is 2. The fourth-order valence-electron chi connectivity index (χ4n) is 3.22. The van der Waals surface area contributed by atoms with E-state index >= 15 is 0 Å². The van der Waals surface area contributed by atoms with Crippen molar-refractivity contribution in [3.05, 3.63) is 85.2 Å². The maximum Gasteiger partial charge on any atom is 2.00 e. The second-order valence-electron chi connectivity index (χ2n) is 8.54. The summed E-state index contributed by atoms with van der Waals surface area (Å²) in [7, 11) is 6.10. The summed E-state index contributed by atoms with van der Waals surface area (Å²) in [4.78, 5) is 18.2. The Bertz CT molecular complexity index is 1470. The summed E-state index contributed by atoms with van der Waals surface area (Å²) in [5, 5.41) is 0. The smallest absolute Gasteiger partial charge is 0.378 e. The number of nitrogens with zero attached hydrogens (tertiary/aromatic N) is 4. The first-order chi connectivity index (χ1) is 18.1. The first-order valence-electron chi connectivity index (χ1n) is 11.5. The predicted molar refractivity (Wildman–Crippen MR) is 153 cm³/mol. The molecular formula is C28H30N4O4PtS2. The average molecular weight is 746 g/mol. The predicted octanol–water partition coefficient (Wildman–Crippen LogP) is 5.22. The number of benzene rings is 2. The molecule has 0 aliphatic heterocycles. The second-order valence-corrected chi connectivity index (χ2v) is 11.3. The number of pyridine rings is 2. The molecule has 0 saturated heterocycles. The molecule has 39 heavy (non-hydrogen) atoms. The second kappa shape index (κ2) is 15.1. The van der Waals surface area contributed by atoms with Gasteiger partial charge >= 0.3 is 21.1 Å². The zero-order valence-electron chi connectivity index (χ0n) is 22.5. The van der Waals surface area contributed by atoms with Gasteiger partial charge in [-0.05, 0) is 33.3 Å². The quantitative estimate of drug-likeness (QED) is 0.105. The maximum absolute atomic E-state index is 11.5. The van der Waals surface area contributed by atoms with E-state index < -0.39 is 9.84 Å². The van der Waals surface area contributed by atoms with Gasteiger partial charge in [-0.3, -0.25) is 0 Å². The third kappa shape index (κ3) is 9.74. The Balaban J connectivity index is 0.000000267. The Morgan fingerprint density at radius 3 is 1.79 bits per heavy atom. The molecule has 0 aliphatic rings. The van der Waals surface area contributed by atoms with E-state index in [-0.39, 0.29) is 26.0 Å². The van der Waals surface area contributed by atoms with Crippen molar-refractivity contribution in [2.45, 2.75) is 9.79 Å². The van der Waals surface area contributed by atoms with Gasteiger partial charge in [0, 0.05) is 70.3 Å². The normalized spacial score (nSPS) is 10.6. The zero-order chi connectivity index (χ0) is 27.7. The molecule has 0 unspecified atom stereocenters. The van der Waals surface area contributed by atoms with Crippen molar-refractivity contribution in [2.24, 2.45) is 0 Å². The first-order valence-corrected chi connectivity index (χ1v) is 14.1. The summed E-state index contributed by atoms with van der Waals surface area (Å²) in [6, 6.07) is 24.8. The minimum absolute atomic E-state index is 0. The van der Waals surface area contributed by atoms with Crippen LogP contribution in [0, 0.1) is 12.1 Å². The van der Waals surface area contributed by atoms with Gasteiger partial charge in [-0.1, -0.05) is 12.1 Å². The van der Waals surface area contributed by atoms with Crippen molar-refractivity contribution >= 4 is 33.3 Å². The largest absolute Gasteiger partial charge is 2.00 e. The molecule has 2 aromatic carbocycles.